The second-order valence-corrected chi connectivity index (χ2v) is 3.50. The van der Waals surface area contributed by atoms with Crippen molar-refractivity contribution < 1.29 is 0 Å². The van der Waals surface area contributed by atoms with Crippen LogP contribution in [0.15, 0.2) is 55.1 Å². The van der Waals surface area contributed by atoms with Crippen molar-refractivity contribution in [3.63, 3.8) is 0 Å². The van der Waals surface area contributed by atoms with Gasteiger partial charge in [0, 0.05) is 0 Å². The van der Waals surface area contributed by atoms with E-state index < -0.39 is 0 Å². The van der Waals surface area contributed by atoms with Gasteiger partial charge in [0.2, 0.25) is 0 Å². The Labute approximate surface area is 97.6 Å². The molecular formula is C14H17Cl. The van der Waals surface area contributed by atoms with Gasteiger partial charge in [0.1, 0.15) is 0 Å². The largest absolute Gasteiger partial charge is 0.0998 e. The molecule has 0 N–H and O–H groups in total. The molecule has 0 unspecified atom stereocenters. The van der Waals surface area contributed by atoms with Crippen LogP contribution in [0.25, 0.3) is 6.08 Å². The fourth-order valence-electron chi connectivity index (χ4n) is 1.22. The Kier molecular flexibility index (Phi) is 7.39. The number of allylic oxidation sites excluding steroid dienone is 1. The number of hydrogen-bond donors (Lipinski definition) is 0. The van der Waals surface area contributed by atoms with Gasteiger partial charge in [-0.1, -0.05) is 67.3 Å². The van der Waals surface area contributed by atoms with Crippen molar-refractivity contribution in [3.8, 4) is 0 Å². The first kappa shape index (κ1) is 13.7. The van der Waals surface area contributed by atoms with Crippen molar-refractivity contribution in [2.24, 2.45) is 0 Å². The summed E-state index contributed by atoms with van der Waals surface area (Å²) in [7, 11) is 0. The smallest absolute Gasteiger partial charge is 0.00296 e. The van der Waals surface area contributed by atoms with Crippen LogP contribution in [0.4, 0.5) is 0 Å². The lowest BCUT2D eigenvalue weighted by Crippen LogP contribution is -1.88. The van der Waals surface area contributed by atoms with Gasteiger partial charge in [0.05, 0.1) is 0 Å². The Morgan fingerprint density at radius 1 is 1.33 bits per heavy atom. The third kappa shape index (κ3) is 5.92. The highest BCUT2D eigenvalue weighted by Gasteiger charge is 1.96. The number of hydrogen-bond acceptors (Lipinski definition) is 0. The zero-order chi connectivity index (χ0) is 11.7. The first-order chi connectivity index (χ1) is 7.15. The Balaban J connectivity index is 0.000000583. The Morgan fingerprint density at radius 3 is 2.33 bits per heavy atom. The van der Waals surface area contributed by atoms with Crippen LogP contribution in [0.5, 0.6) is 0 Å². The maximum atomic E-state index is 4.76. The lowest BCUT2D eigenvalue weighted by molar-refractivity contribution is 1.15. The van der Waals surface area contributed by atoms with Gasteiger partial charge in [0.15, 0.2) is 0 Å². The maximum Gasteiger partial charge on any atom is -0.00296 e. The molecule has 1 aromatic carbocycles. The fourth-order valence-corrected chi connectivity index (χ4v) is 1.22. The Hall–Kier alpha value is -1.27. The minimum Gasteiger partial charge on any atom is -0.0998 e. The molecule has 80 valence electrons. The van der Waals surface area contributed by atoms with Crippen molar-refractivity contribution in [2.45, 2.75) is 13.3 Å². The summed E-state index contributed by atoms with van der Waals surface area (Å²) < 4.78 is 0. The third-order valence-electron chi connectivity index (χ3n) is 1.77. The van der Waals surface area contributed by atoms with Gasteiger partial charge >= 0.3 is 0 Å². The van der Waals surface area contributed by atoms with Gasteiger partial charge in [-0.25, -0.2) is 0 Å². The lowest BCUT2D eigenvalue weighted by Gasteiger charge is -2.04. The highest BCUT2D eigenvalue weighted by molar-refractivity contribution is 6.25. The summed E-state index contributed by atoms with van der Waals surface area (Å²) in [5.74, 6) is 0. The fraction of sp³-hybridized carbons (Fsp3) is 0.143. The quantitative estimate of drug-likeness (QED) is 0.641. The van der Waals surface area contributed by atoms with Crippen LogP contribution in [0.1, 0.15) is 18.1 Å². The molecule has 1 aromatic rings. The average molecular weight is 221 g/mol. The molecule has 1 rings (SSSR count). The molecule has 0 amide bonds. The molecule has 0 aliphatic heterocycles. The zero-order valence-electron chi connectivity index (χ0n) is 9.17. The van der Waals surface area contributed by atoms with E-state index in [-0.39, 0.29) is 0 Å². The van der Waals surface area contributed by atoms with E-state index in [2.05, 4.69) is 31.9 Å². The van der Waals surface area contributed by atoms with Crippen LogP contribution in [0.2, 0.25) is 0 Å². The molecule has 0 aromatic heterocycles. The zero-order valence-corrected chi connectivity index (χ0v) is 9.93. The van der Waals surface area contributed by atoms with Crippen molar-refractivity contribution in [3.05, 3.63) is 66.2 Å². The second-order valence-electron chi connectivity index (χ2n) is 3.19. The van der Waals surface area contributed by atoms with Crippen molar-refractivity contribution >= 4 is 17.7 Å². The predicted octanol–water partition coefficient (Wildman–Crippen LogP) is 4.82. The topological polar surface area (TPSA) is 0 Å². The number of halogens is 1. The summed E-state index contributed by atoms with van der Waals surface area (Å²) in [4.78, 5) is 0. The first-order valence-corrected chi connectivity index (χ1v) is 5.15. The standard InChI is InChI=1S/C12H14.C2H3Cl/c1-4-11-7-5-6-8-12(11)9-10(2)3;1-2-3/h4-8H,1-2,9H2,3H3;2H,1H2. The molecule has 0 atom stereocenters. The van der Waals surface area contributed by atoms with Crippen LogP contribution in [-0.4, -0.2) is 0 Å². The van der Waals surface area contributed by atoms with E-state index in [0.717, 1.165) is 6.42 Å². The summed E-state index contributed by atoms with van der Waals surface area (Å²) in [6, 6.07) is 8.27. The number of benzene rings is 1. The lowest BCUT2D eigenvalue weighted by atomic mass is 10.0. The van der Waals surface area contributed by atoms with E-state index in [0.29, 0.717) is 0 Å². The minimum absolute atomic E-state index is 0.947. The molecule has 0 radical (unpaired) electrons. The van der Waals surface area contributed by atoms with Gasteiger partial charge in [-0.2, -0.15) is 0 Å². The molecule has 1 heteroatoms. The molecule has 0 saturated heterocycles. The monoisotopic (exact) mass is 220 g/mol. The van der Waals surface area contributed by atoms with E-state index in [9.17, 15) is 0 Å². The van der Waals surface area contributed by atoms with E-state index in [1.807, 2.05) is 25.1 Å². The average Bonchev–Trinajstić information content (AvgIpc) is 2.19. The summed E-state index contributed by atoms with van der Waals surface area (Å²) >= 11 is 4.76. The van der Waals surface area contributed by atoms with Crippen LogP contribution in [-0.2, 0) is 6.42 Å². The SMILES string of the molecule is C=CCl.C=Cc1ccccc1CC(=C)C. The molecular weight excluding hydrogens is 204 g/mol. The molecule has 0 bridgehead atoms. The molecule has 0 aliphatic carbocycles. The van der Waals surface area contributed by atoms with Crippen molar-refractivity contribution in [2.75, 3.05) is 0 Å². The normalized spacial score (nSPS) is 8.40. The van der Waals surface area contributed by atoms with Gasteiger partial charge in [-0.3, -0.25) is 0 Å². The highest BCUT2D eigenvalue weighted by Crippen LogP contribution is 2.13. The number of rotatable bonds is 3. The van der Waals surface area contributed by atoms with Gasteiger partial charge in [0.25, 0.3) is 0 Å². The molecule has 15 heavy (non-hydrogen) atoms. The summed E-state index contributed by atoms with van der Waals surface area (Å²) in [5, 5.41) is 0. The summed E-state index contributed by atoms with van der Waals surface area (Å²) in [6.45, 7) is 12.8. The second kappa shape index (κ2) is 8.07. The molecule has 0 aliphatic rings. The molecule has 0 nitrogen and oxygen atoms in total. The maximum absolute atomic E-state index is 4.76. The van der Waals surface area contributed by atoms with Crippen LogP contribution in [0, 0.1) is 0 Å². The molecule has 0 spiro atoms. The van der Waals surface area contributed by atoms with Crippen LogP contribution < -0.4 is 0 Å². The van der Waals surface area contributed by atoms with Gasteiger partial charge in [-0.05, 0) is 30.0 Å². The first-order valence-electron chi connectivity index (χ1n) is 4.71. The third-order valence-corrected chi connectivity index (χ3v) is 1.77. The van der Waals surface area contributed by atoms with Crippen LogP contribution in [0.3, 0.4) is 0 Å². The van der Waals surface area contributed by atoms with Crippen molar-refractivity contribution in [1.82, 2.24) is 0 Å². The molecule has 0 heterocycles. The predicted molar refractivity (Wildman–Crippen MR) is 71.1 cm³/mol. The van der Waals surface area contributed by atoms with Crippen molar-refractivity contribution in [1.29, 1.82) is 0 Å². The minimum atomic E-state index is 0.947. The van der Waals surface area contributed by atoms with E-state index in [1.165, 1.54) is 22.2 Å². The van der Waals surface area contributed by atoms with E-state index >= 15 is 0 Å². The summed E-state index contributed by atoms with van der Waals surface area (Å²) in [6.07, 6.45) is 2.83. The summed E-state index contributed by atoms with van der Waals surface area (Å²) in [5.41, 5.74) is 4.92. The van der Waals surface area contributed by atoms with Gasteiger partial charge in [-0.15, -0.1) is 0 Å². The molecule has 0 fully saturated rings. The highest BCUT2D eigenvalue weighted by atomic mass is 35.5. The Bertz CT molecular complexity index is 337. The Morgan fingerprint density at radius 2 is 1.87 bits per heavy atom. The van der Waals surface area contributed by atoms with Crippen LogP contribution >= 0.6 is 11.6 Å². The van der Waals surface area contributed by atoms with E-state index in [4.69, 9.17) is 11.6 Å². The van der Waals surface area contributed by atoms with E-state index in [1.54, 1.807) is 0 Å². The van der Waals surface area contributed by atoms with Gasteiger partial charge < -0.3 is 0 Å². The molecule has 0 saturated carbocycles.